The second kappa shape index (κ2) is 8.31. The van der Waals surface area contributed by atoms with E-state index in [2.05, 4.69) is 20.5 Å². The minimum absolute atomic E-state index is 0.0247. The Hall–Kier alpha value is -2.40. The highest BCUT2D eigenvalue weighted by atomic mass is 35.5. The van der Waals surface area contributed by atoms with Gasteiger partial charge in [-0.25, -0.2) is 18.5 Å². The molecule has 8 nitrogen and oxygen atoms in total. The molecule has 0 saturated carbocycles. The summed E-state index contributed by atoms with van der Waals surface area (Å²) in [5.41, 5.74) is 1.29. The van der Waals surface area contributed by atoms with Crippen molar-refractivity contribution in [2.45, 2.75) is 22.2 Å². The van der Waals surface area contributed by atoms with Gasteiger partial charge in [0.15, 0.2) is 5.82 Å². The fraction of sp³-hybridized carbons (Fsp3) is 0.118. The molecule has 146 valence electrons. The summed E-state index contributed by atoms with van der Waals surface area (Å²) in [4.78, 5) is 16.7. The number of H-pyrrole nitrogens is 1. The van der Waals surface area contributed by atoms with Crippen LogP contribution in [0.1, 0.15) is 6.92 Å². The van der Waals surface area contributed by atoms with Crippen LogP contribution in [0.25, 0.3) is 11.4 Å². The van der Waals surface area contributed by atoms with Gasteiger partial charge in [0.1, 0.15) is 0 Å². The SMILES string of the molecule is C[C@@H](Sc1n[nH]c(-c2ccc(Cl)cc2)n1)C(=O)Nc1ccc(S(N)(=O)=O)cc1. The van der Waals surface area contributed by atoms with Crippen LogP contribution in [0.2, 0.25) is 5.02 Å². The number of carbonyl (C=O) groups excluding carboxylic acids is 1. The number of nitrogens with two attached hydrogens (primary N) is 1. The van der Waals surface area contributed by atoms with Gasteiger partial charge in [-0.1, -0.05) is 23.4 Å². The van der Waals surface area contributed by atoms with E-state index in [1.54, 1.807) is 19.1 Å². The molecule has 3 rings (SSSR count). The topological polar surface area (TPSA) is 131 Å². The van der Waals surface area contributed by atoms with Crippen LogP contribution in [0, 0.1) is 0 Å². The number of aromatic nitrogens is 3. The molecule has 1 aromatic heterocycles. The fourth-order valence-electron chi connectivity index (χ4n) is 2.22. The van der Waals surface area contributed by atoms with E-state index < -0.39 is 15.3 Å². The van der Waals surface area contributed by atoms with E-state index in [4.69, 9.17) is 16.7 Å². The second-order valence-corrected chi connectivity index (χ2v) is 9.10. The molecule has 0 saturated heterocycles. The molecule has 1 heterocycles. The summed E-state index contributed by atoms with van der Waals surface area (Å²) in [7, 11) is -3.77. The number of rotatable bonds is 6. The van der Waals surface area contributed by atoms with Crippen LogP contribution in [-0.2, 0) is 14.8 Å². The van der Waals surface area contributed by atoms with Gasteiger partial charge < -0.3 is 5.32 Å². The monoisotopic (exact) mass is 437 g/mol. The van der Waals surface area contributed by atoms with Crippen molar-refractivity contribution in [3.05, 3.63) is 53.6 Å². The Morgan fingerprint density at radius 3 is 2.43 bits per heavy atom. The summed E-state index contributed by atoms with van der Waals surface area (Å²) >= 11 is 7.06. The molecule has 4 N–H and O–H groups in total. The Bertz CT molecular complexity index is 1080. The van der Waals surface area contributed by atoms with Crippen molar-refractivity contribution in [1.29, 1.82) is 0 Å². The first-order chi connectivity index (χ1) is 13.2. The number of aromatic amines is 1. The largest absolute Gasteiger partial charge is 0.325 e. The number of halogens is 1. The Morgan fingerprint density at radius 2 is 1.82 bits per heavy atom. The number of amides is 1. The number of primary sulfonamides is 1. The predicted molar refractivity (Wildman–Crippen MR) is 109 cm³/mol. The Morgan fingerprint density at radius 1 is 1.18 bits per heavy atom. The minimum atomic E-state index is -3.77. The maximum absolute atomic E-state index is 12.4. The van der Waals surface area contributed by atoms with Crippen LogP contribution >= 0.6 is 23.4 Å². The van der Waals surface area contributed by atoms with Crippen LogP contribution in [0.15, 0.2) is 58.6 Å². The molecule has 0 bridgehead atoms. The minimum Gasteiger partial charge on any atom is -0.325 e. The Kier molecular flexibility index (Phi) is 6.04. The van der Waals surface area contributed by atoms with Gasteiger partial charge >= 0.3 is 0 Å². The van der Waals surface area contributed by atoms with Crippen molar-refractivity contribution in [2.75, 3.05) is 5.32 Å². The summed E-state index contributed by atoms with van der Waals surface area (Å²) in [6.45, 7) is 1.72. The van der Waals surface area contributed by atoms with E-state index in [-0.39, 0.29) is 10.8 Å². The van der Waals surface area contributed by atoms with Crippen LogP contribution in [0.5, 0.6) is 0 Å². The number of hydrogen-bond donors (Lipinski definition) is 3. The number of nitrogens with zero attached hydrogens (tertiary/aromatic N) is 2. The van der Waals surface area contributed by atoms with Gasteiger partial charge in [-0.2, -0.15) is 0 Å². The fourth-order valence-corrected chi connectivity index (χ4v) is 3.59. The second-order valence-electron chi connectivity index (χ2n) is 5.79. The normalized spacial score (nSPS) is 12.5. The molecule has 0 spiro atoms. The highest BCUT2D eigenvalue weighted by Gasteiger charge is 2.18. The lowest BCUT2D eigenvalue weighted by Crippen LogP contribution is -2.22. The Balaban J connectivity index is 1.62. The first-order valence-corrected chi connectivity index (χ1v) is 10.8. The molecule has 0 aliphatic heterocycles. The predicted octanol–water partition coefficient (Wildman–Crippen LogP) is 2.89. The number of thioether (sulfide) groups is 1. The smallest absolute Gasteiger partial charge is 0.238 e. The number of sulfonamides is 1. The van der Waals surface area contributed by atoms with Gasteiger partial charge in [0, 0.05) is 16.3 Å². The van der Waals surface area contributed by atoms with Gasteiger partial charge in [0.05, 0.1) is 10.1 Å². The number of anilines is 1. The van der Waals surface area contributed by atoms with E-state index in [0.717, 1.165) is 5.56 Å². The lowest BCUT2D eigenvalue weighted by Gasteiger charge is -2.10. The van der Waals surface area contributed by atoms with Crippen molar-refractivity contribution in [3.63, 3.8) is 0 Å². The van der Waals surface area contributed by atoms with Gasteiger partial charge in [-0.3, -0.25) is 9.89 Å². The standard InChI is InChI=1S/C17H16ClN5O3S2/c1-10(16(24)20-13-6-8-14(9-7-13)28(19,25)26)27-17-21-15(22-23-17)11-2-4-12(18)5-3-11/h2-10H,1H3,(H,20,24)(H2,19,25,26)(H,21,22,23)/t10-/m1/s1. The lowest BCUT2D eigenvalue weighted by molar-refractivity contribution is -0.115. The molecule has 28 heavy (non-hydrogen) atoms. The van der Waals surface area contributed by atoms with E-state index in [1.807, 2.05) is 12.1 Å². The zero-order valence-electron chi connectivity index (χ0n) is 14.6. The zero-order valence-corrected chi connectivity index (χ0v) is 17.0. The zero-order chi connectivity index (χ0) is 20.3. The molecule has 3 aromatic rings. The summed E-state index contributed by atoms with van der Waals surface area (Å²) in [5, 5.41) is 15.3. The number of hydrogen-bond acceptors (Lipinski definition) is 6. The molecule has 0 unspecified atom stereocenters. The first kappa shape index (κ1) is 20.3. The van der Waals surface area contributed by atoms with Gasteiger partial charge in [0.25, 0.3) is 0 Å². The molecule has 0 aliphatic carbocycles. The van der Waals surface area contributed by atoms with Gasteiger partial charge in [-0.15, -0.1) is 5.10 Å². The summed E-state index contributed by atoms with van der Waals surface area (Å²) < 4.78 is 22.5. The van der Waals surface area contributed by atoms with Crippen LogP contribution in [-0.4, -0.2) is 34.8 Å². The van der Waals surface area contributed by atoms with Gasteiger partial charge in [-0.05, 0) is 55.5 Å². The first-order valence-electron chi connectivity index (χ1n) is 8.01. The molecule has 11 heteroatoms. The third-order valence-electron chi connectivity index (χ3n) is 3.68. The van der Waals surface area contributed by atoms with Crippen molar-refractivity contribution in [2.24, 2.45) is 5.14 Å². The van der Waals surface area contributed by atoms with Crippen molar-refractivity contribution in [1.82, 2.24) is 15.2 Å². The van der Waals surface area contributed by atoms with Crippen LogP contribution in [0.4, 0.5) is 5.69 Å². The van der Waals surface area contributed by atoms with Crippen molar-refractivity contribution in [3.8, 4) is 11.4 Å². The number of carbonyl (C=O) groups is 1. The number of benzene rings is 2. The van der Waals surface area contributed by atoms with Crippen molar-refractivity contribution < 1.29 is 13.2 Å². The van der Waals surface area contributed by atoms with E-state index in [1.165, 1.54) is 36.0 Å². The third-order valence-corrected chi connectivity index (χ3v) is 5.83. The molecule has 1 atom stereocenters. The molecule has 0 radical (unpaired) electrons. The average Bonchev–Trinajstić information content (AvgIpc) is 3.10. The van der Waals surface area contributed by atoms with E-state index >= 15 is 0 Å². The highest BCUT2D eigenvalue weighted by Crippen LogP contribution is 2.24. The molecular weight excluding hydrogens is 422 g/mol. The molecule has 0 fully saturated rings. The number of nitrogens with one attached hydrogen (secondary N) is 2. The Labute approximate surface area is 170 Å². The third kappa shape index (κ3) is 5.10. The lowest BCUT2D eigenvalue weighted by atomic mass is 10.2. The highest BCUT2D eigenvalue weighted by molar-refractivity contribution is 8.00. The van der Waals surface area contributed by atoms with Crippen molar-refractivity contribution >= 4 is 45.0 Å². The molecule has 2 aromatic carbocycles. The maximum atomic E-state index is 12.4. The average molecular weight is 438 g/mol. The van der Waals surface area contributed by atoms with E-state index in [9.17, 15) is 13.2 Å². The maximum Gasteiger partial charge on any atom is 0.238 e. The summed E-state index contributed by atoms with van der Waals surface area (Å²) in [6.07, 6.45) is 0. The molecule has 0 aliphatic rings. The molecular formula is C17H16ClN5O3S2. The van der Waals surface area contributed by atoms with Crippen LogP contribution < -0.4 is 10.5 Å². The van der Waals surface area contributed by atoms with E-state index in [0.29, 0.717) is 21.7 Å². The summed E-state index contributed by atoms with van der Waals surface area (Å²) in [5.74, 6) is 0.302. The van der Waals surface area contributed by atoms with Crippen LogP contribution in [0.3, 0.4) is 0 Å². The summed E-state index contributed by atoms with van der Waals surface area (Å²) in [6, 6.07) is 12.7. The van der Waals surface area contributed by atoms with Gasteiger partial charge in [0.2, 0.25) is 21.1 Å². The quantitative estimate of drug-likeness (QED) is 0.508. The molecule has 1 amide bonds.